The molecule has 0 aliphatic carbocycles. The number of rotatable bonds is 5. The second-order valence-electron chi connectivity index (χ2n) is 3.39. The summed E-state index contributed by atoms with van der Waals surface area (Å²) in [5.74, 6) is 0.718. The van der Waals surface area contributed by atoms with E-state index in [1.807, 2.05) is 18.2 Å². The minimum Gasteiger partial charge on any atom is -0.298 e. The van der Waals surface area contributed by atoms with E-state index in [9.17, 15) is 4.79 Å². The van der Waals surface area contributed by atoms with Gasteiger partial charge in [-0.05, 0) is 23.1 Å². The molecule has 0 unspecified atom stereocenters. The summed E-state index contributed by atoms with van der Waals surface area (Å²) < 4.78 is 0. The van der Waals surface area contributed by atoms with Crippen molar-refractivity contribution in [3.63, 3.8) is 0 Å². The Bertz CT molecular complexity index is 349. The highest BCUT2D eigenvalue weighted by Crippen LogP contribution is 2.18. The predicted molar refractivity (Wildman–Crippen MR) is 67.9 cm³/mol. The lowest BCUT2D eigenvalue weighted by Crippen LogP contribution is -2.07. The van der Waals surface area contributed by atoms with Crippen LogP contribution in [0.25, 0.3) is 0 Å². The van der Waals surface area contributed by atoms with Gasteiger partial charge in [-0.3, -0.25) is 4.79 Å². The topological polar surface area (TPSA) is 17.1 Å². The summed E-state index contributed by atoms with van der Waals surface area (Å²) in [4.78, 5) is 11.4. The molecule has 0 amide bonds. The Morgan fingerprint density at radius 3 is 2.60 bits per heavy atom. The first kappa shape index (κ1) is 12.7. The van der Waals surface area contributed by atoms with Crippen molar-refractivity contribution in [1.82, 2.24) is 0 Å². The molecule has 0 fully saturated rings. The maximum Gasteiger partial charge on any atom is 0.147 e. The van der Waals surface area contributed by atoms with Gasteiger partial charge in [-0.1, -0.05) is 41.1 Å². The molecule has 1 aromatic rings. The lowest BCUT2D eigenvalue weighted by molar-refractivity contribution is -0.115. The fourth-order valence-corrected chi connectivity index (χ4v) is 2.14. The third-order valence-electron chi connectivity index (χ3n) is 2.40. The Hall–Kier alpha value is -0.340. The zero-order valence-electron chi connectivity index (χ0n) is 8.72. The molecule has 0 atom stereocenters. The van der Waals surface area contributed by atoms with Crippen LogP contribution in [0.3, 0.4) is 0 Å². The third kappa shape index (κ3) is 3.32. The number of alkyl halides is 2. The van der Waals surface area contributed by atoms with Crippen molar-refractivity contribution >= 4 is 33.3 Å². The molecule has 0 saturated carbocycles. The lowest BCUT2D eigenvalue weighted by atomic mass is 9.96. The third-order valence-corrected chi connectivity index (χ3v) is 3.32. The van der Waals surface area contributed by atoms with Crippen molar-refractivity contribution in [3.8, 4) is 0 Å². The maximum atomic E-state index is 11.4. The number of Topliss-reactive ketones (excluding diaryl/α,β-unsaturated/α-hetero) is 1. The van der Waals surface area contributed by atoms with Crippen LogP contribution in [0, 0.1) is 0 Å². The van der Waals surface area contributed by atoms with Gasteiger partial charge in [0.1, 0.15) is 5.78 Å². The number of hydrogen-bond donors (Lipinski definition) is 0. The van der Waals surface area contributed by atoms with Gasteiger partial charge in [0, 0.05) is 12.3 Å². The SMILES string of the molecule is CCc1c(CCl)cccc1CC(=O)CBr. The lowest BCUT2D eigenvalue weighted by Gasteiger charge is -2.10. The largest absolute Gasteiger partial charge is 0.298 e. The van der Waals surface area contributed by atoms with Crippen molar-refractivity contribution in [2.75, 3.05) is 5.33 Å². The summed E-state index contributed by atoms with van der Waals surface area (Å²) in [6.45, 7) is 2.09. The molecule has 0 spiro atoms. The summed E-state index contributed by atoms with van der Waals surface area (Å²) >= 11 is 9.04. The van der Waals surface area contributed by atoms with Crippen LogP contribution >= 0.6 is 27.5 Å². The van der Waals surface area contributed by atoms with E-state index in [0.29, 0.717) is 17.6 Å². The van der Waals surface area contributed by atoms with Gasteiger partial charge in [0.25, 0.3) is 0 Å². The minimum absolute atomic E-state index is 0.205. The highest BCUT2D eigenvalue weighted by atomic mass is 79.9. The monoisotopic (exact) mass is 288 g/mol. The molecular weight excluding hydrogens is 275 g/mol. The molecule has 0 aromatic heterocycles. The van der Waals surface area contributed by atoms with Gasteiger partial charge >= 0.3 is 0 Å². The van der Waals surface area contributed by atoms with Crippen LogP contribution in [-0.4, -0.2) is 11.1 Å². The second-order valence-corrected chi connectivity index (χ2v) is 4.22. The summed E-state index contributed by atoms with van der Waals surface area (Å²) in [6.07, 6.45) is 1.42. The van der Waals surface area contributed by atoms with Gasteiger partial charge in [-0.25, -0.2) is 0 Å². The van der Waals surface area contributed by atoms with E-state index < -0.39 is 0 Å². The zero-order valence-corrected chi connectivity index (χ0v) is 11.1. The number of carbonyl (C=O) groups excluding carboxylic acids is 1. The van der Waals surface area contributed by atoms with Crippen LogP contribution in [0.1, 0.15) is 23.6 Å². The Morgan fingerprint density at radius 1 is 1.40 bits per heavy atom. The van der Waals surface area contributed by atoms with Crippen molar-refractivity contribution < 1.29 is 4.79 Å². The number of benzene rings is 1. The molecule has 0 aliphatic rings. The summed E-state index contributed by atoms with van der Waals surface area (Å²) in [6, 6.07) is 6.00. The second kappa shape index (κ2) is 6.29. The van der Waals surface area contributed by atoms with E-state index in [-0.39, 0.29) is 5.78 Å². The summed E-state index contributed by atoms with van der Waals surface area (Å²) in [5.41, 5.74) is 3.47. The standard InChI is InChI=1S/C12H14BrClO/c1-2-12-9(6-11(15)7-13)4-3-5-10(12)8-14/h3-5H,2,6-8H2,1H3. The molecule has 0 bridgehead atoms. The predicted octanol–water partition coefficient (Wildman–Crippen LogP) is 3.49. The van der Waals surface area contributed by atoms with Crippen LogP contribution in [0.15, 0.2) is 18.2 Å². The first-order valence-electron chi connectivity index (χ1n) is 4.96. The van der Waals surface area contributed by atoms with Crippen LogP contribution in [-0.2, 0) is 23.5 Å². The quantitative estimate of drug-likeness (QED) is 0.758. The first-order chi connectivity index (χ1) is 7.22. The van der Waals surface area contributed by atoms with E-state index in [1.54, 1.807) is 0 Å². The molecular formula is C12H14BrClO. The number of halogens is 2. The molecule has 15 heavy (non-hydrogen) atoms. The molecule has 0 aliphatic heterocycles. The molecule has 1 aromatic carbocycles. The van der Waals surface area contributed by atoms with Gasteiger partial charge in [-0.15, -0.1) is 11.6 Å². The van der Waals surface area contributed by atoms with Crippen molar-refractivity contribution in [2.45, 2.75) is 25.6 Å². The number of ketones is 1. The van der Waals surface area contributed by atoms with Gasteiger partial charge in [0.15, 0.2) is 0 Å². The fourth-order valence-electron chi connectivity index (χ4n) is 1.69. The van der Waals surface area contributed by atoms with E-state index in [2.05, 4.69) is 22.9 Å². The van der Waals surface area contributed by atoms with Crippen LogP contribution in [0.4, 0.5) is 0 Å². The number of hydrogen-bond acceptors (Lipinski definition) is 1. The van der Waals surface area contributed by atoms with Crippen molar-refractivity contribution in [2.24, 2.45) is 0 Å². The zero-order chi connectivity index (χ0) is 11.3. The molecule has 0 N–H and O–H groups in total. The van der Waals surface area contributed by atoms with E-state index >= 15 is 0 Å². The molecule has 0 radical (unpaired) electrons. The Kier molecular flexibility index (Phi) is 5.34. The summed E-state index contributed by atoms with van der Waals surface area (Å²) in [7, 11) is 0. The molecule has 1 nitrogen and oxygen atoms in total. The van der Waals surface area contributed by atoms with Crippen LogP contribution in [0.5, 0.6) is 0 Å². The normalized spacial score (nSPS) is 10.3. The molecule has 0 heterocycles. The maximum absolute atomic E-state index is 11.4. The molecule has 1 rings (SSSR count). The molecule has 0 saturated heterocycles. The fraction of sp³-hybridized carbons (Fsp3) is 0.417. The van der Waals surface area contributed by atoms with Gasteiger partial charge < -0.3 is 0 Å². The highest BCUT2D eigenvalue weighted by molar-refractivity contribution is 9.09. The van der Waals surface area contributed by atoms with Gasteiger partial charge in [0.05, 0.1) is 5.33 Å². The number of carbonyl (C=O) groups is 1. The van der Waals surface area contributed by atoms with E-state index in [0.717, 1.165) is 17.5 Å². The average Bonchev–Trinajstić information content (AvgIpc) is 2.28. The van der Waals surface area contributed by atoms with Crippen LogP contribution in [0.2, 0.25) is 0 Å². The average molecular weight is 290 g/mol. The van der Waals surface area contributed by atoms with Gasteiger partial charge in [0.2, 0.25) is 0 Å². The van der Waals surface area contributed by atoms with E-state index in [1.165, 1.54) is 5.56 Å². The highest BCUT2D eigenvalue weighted by Gasteiger charge is 2.09. The van der Waals surface area contributed by atoms with Crippen molar-refractivity contribution in [1.29, 1.82) is 0 Å². The first-order valence-corrected chi connectivity index (χ1v) is 6.61. The van der Waals surface area contributed by atoms with E-state index in [4.69, 9.17) is 11.6 Å². The van der Waals surface area contributed by atoms with Crippen molar-refractivity contribution in [3.05, 3.63) is 34.9 Å². The Labute approximate surface area is 104 Å². The molecule has 82 valence electrons. The smallest absolute Gasteiger partial charge is 0.147 e. The molecule has 3 heteroatoms. The van der Waals surface area contributed by atoms with Gasteiger partial charge in [-0.2, -0.15) is 0 Å². The Balaban J connectivity index is 3.00. The Morgan fingerprint density at radius 2 is 2.07 bits per heavy atom. The summed E-state index contributed by atoms with van der Waals surface area (Å²) in [5, 5.41) is 0.418. The minimum atomic E-state index is 0.205. The van der Waals surface area contributed by atoms with Crippen LogP contribution < -0.4 is 0 Å².